The van der Waals surface area contributed by atoms with Crippen molar-refractivity contribution >= 4 is 43.5 Å². The number of benzene rings is 4. The van der Waals surface area contributed by atoms with Crippen LogP contribution in [0.4, 0.5) is 5.69 Å². The lowest BCUT2D eigenvalue weighted by atomic mass is 10.0. The number of amides is 2. The second-order valence-corrected chi connectivity index (χ2v) is 12.7. The lowest BCUT2D eigenvalue weighted by Crippen LogP contribution is -2.53. The van der Waals surface area contributed by atoms with E-state index in [0.717, 1.165) is 25.5 Å². The van der Waals surface area contributed by atoms with Gasteiger partial charge in [0.1, 0.15) is 12.6 Å². The van der Waals surface area contributed by atoms with Crippen LogP contribution in [0.2, 0.25) is 0 Å². The van der Waals surface area contributed by atoms with Gasteiger partial charge in [0.15, 0.2) is 0 Å². The molecule has 0 bridgehead atoms. The Labute approximate surface area is 256 Å². The average Bonchev–Trinajstić information content (AvgIpc) is 2.99. The van der Waals surface area contributed by atoms with E-state index in [2.05, 4.69) is 21.2 Å². The summed E-state index contributed by atoms with van der Waals surface area (Å²) in [5.41, 5.74) is 2.95. The molecule has 9 heteroatoms. The first-order chi connectivity index (χ1) is 20.2. The van der Waals surface area contributed by atoms with Gasteiger partial charge in [0.05, 0.1) is 10.6 Å². The molecule has 0 saturated carbocycles. The first-order valence-corrected chi connectivity index (χ1v) is 15.9. The zero-order valence-corrected chi connectivity index (χ0v) is 26.0. The Morgan fingerprint density at radius 1 is 0.833 bits per heavy atom. The van der Waals surface area contributed by atoms with Gasteiger partial charge < -0.3 is 10.2 Å². The van der Waals surface area contributed by atoms with Gasteiger partial charge in [-0.1, -0.05) is 94.3 Å². The number of rotatable bonds is 12. The van der Waals surface area contributed by atoms with E-state index in [4.69, 9.17) is 0 Å². The first kappa shape index (κ1) is 31.0. The molecule has 0 aliphatic carbocycles. The molecule has 0 aliphatic rings. The van der Waals surface area contributed by atoms with Gasteiger partial charge in [-0.15, -0.1) is 0 Å². The lowest BCUT2D eigenvalue weighted by Gasteiger charge is -2.33. The molecule has 7 nitrogen and oxygen atoms in total. The molecule has 1 N–H and O–H groups in total. The summed E-state index contributed by atoms with van der Waals surface area (Å²) >= 11 is 3.49. The van der Waals surface area contributed by atoms with E-state index >= 15 is 0 Å². The third kappa shape index (κ3) is 7.86. The van der Waals surface area contributed by atoms with E-state index < -0.39 is 28.5 Å². The van der Waals surface area contributed by atoms with Gasteiger partial charge in [-0.3, -0.25) is 13.9 Å². The summed E-state index contributed by atoms with van der Waals surface area (Å²) in [5, 5.41) is 2.87. The minimum Gasteiger partial charge on any atom is -0.355 e. The molecule has 0 heterocycles. The van der Waals surface area contributed by atoms with Crippen molar-refractivity contribution < 1.29 is 18.0 Å². The smallest absolute Gasteiger partial charge is 0.264 e. The molecule has 4 aromatic carbocycles. The predicted molar refractivity (Wildman–Crippen MR) is 169 cm³/mol. The highest BCUT2D eigenvalue weighted by Crippen LogP contribution is 2.25. The number of hydrogen-bond donors (Lipinski definition) is 1. The topological polar surface area (TPSA) is 86.8 Å². The molecule has 0 unspecified atom stereocenters. The van der Waals surface area contributed by atoms with Crippen LogP contribution in [-0.2, 0) is 32.6 Å². The Balaban J connectivity index is 1.78. The van der Waals surface area contributed by atoms with Gasteiger partial charge in [-0.05, 0) is 61.4 Å². The predicted octanol–water partition coefficient (Wildman–Crippen LogP) is 5.73. The van der Waals surface area contributed by atoms with Crippen LogP contribution < -0.4 is 9.62 Å². The summed E-state index contributed by atoms with van der Waals surface area (Å²) in [6.07, 6.45) is 0.266. The number of nitrogens with one attached hydrogen (secondary N) is 1. The molecule has 0 aliphatic heterocycles. The minimum atomic E-state index is -4.12. The van der Waals surface area contributed by atoms with Crippen LogP contribution in [0.5, 0.6) is 0 Å². The summed E-state index contributed by atoms with van der Waals surface area (Å²) in [5.74, 6) is -0.806. The standard InChI is InChI=1S/C33H34BrN3O4S/c1-3-35-33(39)31(22-26-11-6-4-7-12-26)36(23-27-13-10-14-28(34)21-27)32(38)24-37(29-15-8-5-9-16-29)42(40,41)30-19-17-25(2)18-20-30/h4-21,31H,3,22-24H2,1-2H3,(H,35,39)/t31-/m0/s1. The normalized spacial score (nSPS) is 11.9. The van der Waals surface area contributed by atoms with Crippen molar-refractivity contribution in [3.05, 3.63) is 130 Å². The summed E-state index contributed by atoms with van der Waals surface area (Å²) in [4.78, 5) is 29.4. The Morgan fingerprint density at radius 3 is 2.07 bits per heavy atom. The van der Waals surface area contributed by atoms with Crippen molar-refractivity contribution in [1.82, 2.24) is 10.2 Å². The number of carbonyl (C=O) groups is 2. The molecule has 0 saturated heterocycles. The van der Waals surface area contributed by atoms with Crippen LogP contribution in [0.1, 0.15) is 23.6 Å². The number of nitrogens with zero attached hydrogens (tertiary/aromatic N) is 2. The maximum Gasteiger partial charge on any atom is 0.264 e. The molecule has 4 rings (SSSR count). The maximum absolute atomic E-state index is 14.3. The van der Waals surface area contributed by atoms with Crippen molar-refractivity contribution in [3.63, 3.8) is 0 Å². The number of anilines is 1. The van der Waals surface area contributed by atoms with Crippen LogP contribution in [0.15, 0.2) is 119 Å². The monoisotopic (exact) mass is 647 g/mol. The van der Waals surface area contributed by atoms with Gasteiger partial charge >= 0.3 is 0 Å². The third-order valence-corrected chi connectivity index (χ3v) is 9.08. The Hall–Kier alpha value is -3.95. The molecule has 0 spiro atoms. The number of carbonyl (C=O) groups excluding carboxylic acids is 2. The number of halogens is 1. The van der Waals surface area contributed by atoms with Crippen LogP contribution in [0, 0.1) is 6.92 Å². The SMILES string of the molecule is CCNC(=O)[C@H](Cc1ccccc1)N(Cc1cccc(Br)c1)C(=O)CN(c1ccccc1)S(=O)(=O)c1ccc(C)cc1. The van der Waals surface area contributed by atoms with Crippen molar-refractivity contribution in [2.24, 2.45) is 0 Å². The minimum absolute atomic E-state index is 0.0767. The highest BCUT2D eigenvalue weighted by molar-refractivity contribution is 9.10. The highest BCUT2D eigenvalue weighted by atomic mass is 79.9. The van der Waals surface area contributed by atoms with Crippen LogP contribution >= 0.6 is 15.9 Å². The van der Waals surface area contributed by atoms with Crippen LogP contribution in [0.3, 0.4) is 0 Å². The third-order valence-electron chi connectivity index (χ3n) is 6.80. The molecule has 218 valence electrons. The van der Waals surface area contributed by atoms with E-state index in [1.807, 2.05) is 68.4 Å². The fourth-order valence-electron chi connectivity index (χ4n) is 4.64. The van der Waals surface area contributed by atoms with Crippen molar-refractivity contribution in [3.8, 4) is 0 Å². The van der Waals surface area contributed by atoms with E-state index in [1.165, 1.54) is 17.0 Å². The second-order valence-electron chi connectivity index (χ2n) is 9.91. The Kier molecular flexibility index (Phi) is 10.5. The molecular formula is C33H34BrN3O4S. The van der Waals surface area contributed by atoms with E-state index in [-0.39, 0.29) is 23.8 Å². The van der Waals surface area contributed by atoms with Crippen molar-refractivity contribution in [2.45, 2.75) is 37.8 Å². The molecule has 0 fully saturated rings. The summed E-state index contributed by atoms with van der Waals surface area (Å²) in [6.45, 7) is 3.71. The number of hydrogen-bond acceptors (Lipinski definition) is 4. The molecule has 2 amide bonds. The summed E-state index contributed by atoms with van der Waals surface area (Å²) in [6, 6.07) is 31.2. The van der Waals surface area contributed by atoms with Gasteiger partial charge in [0.25, 0.3) is 10.0 Å². The zero-order chi connectivity index (χ0) is 30.1. The molecule has 42 heavy (non-hydrogen) atoms. The average molecular weight is 649 g/mol. The van der Waals surface area contributed by atoms with Crippen LogP contribution in [-0.4, -0.2) is 44.3 Å². The number of aryl methyl sites for hydroxylation is 1. The highest BCUT2D eigenvalue weighted by Gasteiger charge is 2.34. The largest absolute Gasteiger partial charge is 0.355 e. The Bertz CT molecular complexity index is 1600. The zero-order valence-electron chi connectivity index (χ0n) is 23.6. The number of sulfonamides is 1. The number of likely N-dealkylation sites (N-methyl/N-ethyl adjacent to an activating group) is 1. The van der Waals surface area contributed by atoms with Crippen molar-refractivity contribution in [2.75, 3.05) is 17.4 Å². The first-order valence-electron chi connectivity index (χ1n) is 13.7. The van der Waals surface area contributed by atoms with Gasteiger partial charge in [-0.2, -0.15) is 0 Å². The fraction of sp³-hybridized carbons (Fsp3) is 0.212. The van der Waals surface area contributed by atoms with E-state index in [0.29, 0.717) is 12.2 Å². The molecule has 4 aromatic rings. The van der Waals surface area contributed by atoms with E-state index in [1.54, 1.807) is 42.5 Å². The van der Waals surface area contributed by atoms with Gasteiger partial charge in [-0.25, -0.2) is 8.42 Å². The van der Waals surface area contributed by atoms with Crippen LogP contribution in [0.25, 0.3) is 0 Å². The molecule has 0 aromatic heterocycles. The molecule has 1 atom stereocenters. The molecular weight excluding hydrogens is 614 g/mol. The summed E-state index contributed by atoms with van der Waals surface area (Å²) < 4.78 is 29.9. The lowest BCUT2D eigenvalue weighted by molar-refractivity contribution is -0.140. The number of para-hydroxylation sites is 1. The Morgan fingerprint density at radius 2 is 1.45 bits per heavy atom. The maximum atomic E-state index is 14.3. The van der Waals surface area contributed by atoms with Crippen molar-refractivity contribution in [1.29, 1.82) is 0 Å². The van der Waals surface area contributed by atoms with Gasteiger partial charge in [0, 0.05) is 24.0 Å². The quantitative estimate of drug-likeness (QED) is 0.213. The van der Waals surface area contributed by atoms with Gasteiger partial charge in [0.2, 0.25) is 11.8 Å². The second kappa shape index (κ2) is 14.3. The summed E-state index contributed by atoms with van der Waals surface area (Å²) in [7, 11) is -4.12. The van der Waals surface area contributed by atoms with E-state index in [9.17, 15) is 18.0 Å². The fourth-order valence-corrected chi connectivity index (χ4v) is 6.50. The molecule has 0 radical (unpaired) electrons.